The van der Waals surface area contributed by atoms with Gasteiger partial charge in [0.15, 0.2) is 0 Å². The van der Waals surface area contributed by atoms with Crippen molar-refractivity contribution in [1.82, 2.24) is 0 Å². The van der Waals surface area contributed by atoms with Crippen LogP contribution < -0.4 is 10.1 Å². The molecule has 3 heteroatoms. The van der Waals surface area contributed by atoms with Crippen molar-refractivity contribution in [2.24, 2.45) is 0 Å². The number of aryl methyl sites for hydroxylation is 1. The SMILES string of the molecule is C=C(C)c1c(OCCCCc2ccc(NC=O)cc2)cccc1C1CC1. The topological polar surface area (TPSA) is 38.3 Å². The van der Waals surface area contributed by atoms with Gasteiger partial charge in [-0.15, -0.1) is 0 Å². The number of carbonyl (C=O) groups excluding carboxylic acids is 1. The summed E-state index contributed by atoms with van der Waals surface area (Å²) < 4.78 is 6.10. The Morgan fingerprint density at radius 2 is 1.96 bits per heavy atom. The zero-order valence-electron chi connectivity index (χ0n) is 15.5. The highest BCUT2D eigenvalue weighted by Crippen LogP contribution is 2.45. The summed E-state index contributed by atoms with van der Waals surface area (Å²) in [5, 5.41) is 2.65. The molecule has 2 aromatic carbocycles. The predicted molar refractivity (Wildman–Crippen MR) is 108 cm³/mol. The fourth-order valence-electron chi connectivity index (χ4n) is 3.31. The van der Waals surface area contributed by atoms with E-state index in [1.807, 2.05) is 12.1 Å². The van der Waals surface area contributed by atoms with Crippen molar-refractivity contribution in [2.75, 3.05) is 11.9 Å². The Labute approximate surface area is 156 Å². The predicted octanol–water partition coefficient (Wildman–Crippen LogP) is 5.57. The Bertz CT molecular complexity index is 760. The van der Waals surface area contributed by atoms with E-state index in [1.165, 1.54) is 29.5 Å². The smallest absolute Gasteiger partial charge is 0.211 e. The van der Waals surface area contributed by atoms with Gasteiger partial charge in [-0.2, -0.15) is 0 Å². The molecule has 2 aromatic rings. The van der Waals surface area contributed by atoms with Crippen LogP contribution in [0.15, 0.2) is 49.0 Å². The van der Waals surface area contributed by atoms with E-state index in [0.717, 1.165) is 42.9 Å². The molecule has 0 heterocycles. The van der Waals surface area contributed by atoms with Crippen LogP contribution in [-0.4, -0.2) is 13.0 Å². The first-order valence-corrected chi connectivity index (χ1v) is 9.39. The molecule has 1 aliphatic carbocycles. The standard InChI is InChI=1S/C23H27NO2/c1-17(2)23-21(19-11-12-19)7-5-8-22(23)26-15-4-3-6-18-9-13-20(14-10-18)24-16-25/h5,7-10,13-14,16,19H,1,3-4,6,11-12,15H2,2H3,(H,24,25). The van der Waals surface area contributed by atoms with E-state index < -0.39 is 0 Å². The van der Waals surface area contributed by atoms with E-state index in [1.54, 1.807) is 0 Å². The Hall–Kier alpha value is -2.55. The van der Waals surface area contributed by atoms with Crippen molar-refractivity contribution in [3.8, 4) is 5.75 Å². The number of carbonyl (C=O) groups is 1. The van der Waals surface area contributed by atoms with Crippen LogP contribution in [0.5, 0.6) is 5.75 Å². The molecule has 1 N–H and O–H groups in total. The number of allylic oxidation sites excluding steroid dienone is 1. The number of ether oxygens (including phenoxy) is 1. The summed E-state index contributed by atoms with van der Waals surface area (Å²) in [5.74, 6) is 1.67. The van der Waals surface area contributed by atoms with Gasteiger partial charge < -0.3 is 10.1 Å². The molecule has 3 nitrogen and oxygen atoms in total. The highest BCUT2D eigenvalue weighted by molar-refractivity contribution is 5.71. The number of benzene rings is 2. The van der Waals surface area contributed by atoms with Crippen LogP contribution in [0.25, 0.3) is 5.57 Å². The molecule has 1 aliphatic rings. The normalized spacial score (nSPS) is 13.3. The van der Waals surface area contributed by atoms with Gasteiger partial charge in [-0.25, -0.2) is 0 Å². The van der Waals surface area contributed by atoms with Gasteiger partial charge in [0.1, 0.15) is 5.75 Å². The molecule has 0 bridgehead atoms. The van der Waals surface area contributed by atoms with Crippen LogP contribution in [0.2, 0.25) is 0 Å². The third-order valence-electron chi connectivity index (χ3n) is 4.80. The minimum Gasteiger partial charge on any atom is -0.493 e. The van der Waals surface area contributed by atoms with Gasteiger partial charge in [-0.05, 0) is 79.8 Å². The third-order valence-corrected chi connectivity index (χ3v) is 4.80. The first-order valence-electron chi connectivity index (χ1n) is 9.39. The summed E-state index contributed by atoms with van der Waals surface area (Å²) in [4.78, 5) is 10.4. The second-order valence-electron chi connectivity index (χ2n) is 7.04. The minimum absolute atomic E-state index is 0.696. The van der Waals surface area contributed by atoms with E-state index in [2.05, 4.69) is 49.2 Å². The first-order chi connectivity index (χ1) is 12.7. The molecule has 1 saturated carbocycles. The van der Waals surface area contributed by atoms with Gasteiger partial charge in [-0.3, -0.25) is 4.79 Å². The summed E-state index contributed by atoms with van der Waals surface area (Å²) >= 11 is 0. The van der Waals surface area contributed by atoms with Crippen LogP contribution >= 0.6 is 0 Å². The molecule has 3 rings (SSSR count). The van der Waals surface area contributed by atoms with Crippen molar-refractivity contribution in [2.45, 2.75) is 44.9 Å². The Morgan fingerprint density at radius 3 is 2.62 bits per heavy atom. The van der Waals surface area contributed by atoms with Crippen molar-refractivity contribution in [1.29, 1.82) is 0 Å². The lowest BCUT2D eigenvalue weighted by Crippen LogP contribution is -2.02. The quantitative estimate of drug-likeness (QED) is 0.450. The van der Waals surface area contributed by atoms with Crippen LogP contribution in [-0.2, 0) is 11.2 Å². The number of nitrogens with one attached hydrogen (secondary N) is 1. The monoisotopic (exact) mass is 349 g/mol. The third kappa shape index (κ3) is 4.75. The minimum atomic E-state index is 0.696. The lowest BCUT2D eigenvalue weighted by Gasteiger charge is -2.15. The van der Waals surface area contributed by atoms with Crippen molar-refractivity contribution >= 4 is 17.7 Å². The molecule has 0 aromatic heterocycles. The van der Waals surface area contributed by atoms with Crippen molar-refractivity contribution in [3.63, 3.8) is 0 Å². The van der Waals surface area contributed by atoms with Gasteiger partial charge in [0.05, 0.1) is 6.61 Å². The molecule has 0 unspecified atom stereocenters. The second-order valence-corrected chi connectivity index (χ2v) is 7.04. The molecule has 0 spiro atoms. The van der Waals surface area contributed by atoms with Crippen molar-refractivity contribution < 1.29 is 9.53 Å². The summed E-state index contributed by atoms with van der Waals surface area (Å²) in [6.07, 6.45) is 6.36. The highest BCUT2D eigenvalue weighted by atomic mass is 16.5. The number of unbranched alkanes of at least 4 members (excludes halogenated alkanes) is 1. The zero-order valence-corrected chi connectivity index (χ0v) is 15.5. The molecule has 0 aliphatic heterocycles. The number of amides is 1. The molecule has 1 fully saturated rings. The average molecular weight is 349 g/mol. The molecule has 0 radical (unpaired) electrons. The summed E-state index contributed by atoms with van der Waals surface area (Å²) in [6.45, 7) is 6.94. The zero-order chi connectivity index (χ0) is 18.4. The molecule has 136 valence electrons. The Balaban J connectivity index is 1.48. The fraction of sp³-hybridized carbons (Fsp3) is 0.348. The van der Waals surface area contributed by atoms with E-state index in [0.29, 0.717) is 12.3 Å². The Morgan fingerprint density at radius 1 is 1.19 bits per heavy atom. The Kier molecular flexibility index (Phi) is 6.11. The van der Waals surface area contributed by atoms with Gasteiger partial charge >= 0.3 is 0 Å². The maximum absolute atomic E-state index is 10.4. The van der Waals surface area contributed by atoms with Crippen LogP contribution in [0.4, 0.5) is 5.69 Å². The first kappa shape index (κ1) is 18.2. The van der Waals surface area contributed by atoms with Crippen LogP contribution in [0, 0.1) is 0 Å². The van der Waals surface area contributed by atoms with Crippen LogP contribution in [0.1, 0.15) is 55.2 Å². The number of hydrogen-bond donors (Lipinski definition) is 1. The average Bonchev–Trinajstić information content (AvgIpc) is 3.48. The number of hydrogen-bond acceptors (Lipinski definition) is 2. The molecular formula is C23H27NO2. The maximum atomic E-state index is 10.4. The van der Waals surface area contributed by atoms with E-state index in [4.69, 9.17) is 4.74 Å². The number of rotatable bonds is 10. The molecule has 26 heavy (non-hydrogen) atoms. The van der Waals surface area contributed by atoms with E-state index >= 15 is 0 Å². The maximum Gasteiger partial charge on any atom is 0.211 e. The van der Waals surface area contributed by atoms with Gasteiger partial charge in [0.25, 0.3) is 0 Å². The van der Waals surface area contributed by atoms with Gasteiger partial charge in [-0.1, -0.05) is 30.8 Å². The number of anilines is 1. The van der Waals surface area contributed by atoms with Gasteiger partial charge in [0.2, 0.25) is 6.41 Å². The highest BCUT2D eigenvalue weighted by Gasteiger charge is 2.27. The van der Waals surface area contributed by atoms with E-state index in [-0.39, 0.29) is 0 Å². The fourth-order valence-corrected chi connectivity index (χ4v) is 3.31. The van der Waals surface area contributed by atoms with Crippen LogP contribution in [0.3, 0.4) is 0 Å². The molecule has 0 saturated heterocycles. The summed E-state index contributed by atoms with van der Waals surface area (Å²) in [6, 6.07) is 14.4. The van der Waals surface area contributed by atoms with Crippen molar-refractivity contribution in [3.05, 3.63) is 65.7 Å². The van der Waals surface area contributed by atoms with Gasteiger partial charge in [0, 0.05) is 11.3 Å². The van der Waals surface area contributed by atoms with E-state index in [9.17, 15) is 4.79 Å². The summed E-state index contributed by atoms with van der Waals surface area (Å²) in [5.41, 5.74) is 5.81. The largest absolute Gasteiger partial charge is 0.493 e. The summed E-state index contributed by atoms with van der Waals surface area (Å²) in [7, 11) is 0. The second kappa shape index (κ2) is 8.70. The lowest BCUT2D eigenvalue weighted by atomic mass is 9.97. The molecule has 1 amide bonds. The molecule has 0 atom stereocenters. The lowest BCUT2D eigenvalue weighted by molar-refractivity contribution is -0.105. The molecular weight excluding hydrogens is 322 g/mol.